The summed E-state index contributed by atoms with van der Waals surface area (Å²) in [5, 5.41) is 14.4. The first-order valence-electron chi connectivity index (χ1n) is 9.58. The van der Waals surface area contributed by atoms with Gasteiger partial charge in [-0.1, -0.05) is 12.1 Å². The van der Waals surface area contributed by atoms with Crippen LogP contribution in [0.5, 0.6) is 11.5 Å². The highest BCUT2D eigenvalue weighted by Crippen LogP contribution is 2.26. The van der Waals surface area contributed by atoms with Crippen molar-refractivity contribution < 1.29 is 14.3 Å². The van der Waals surface area contributed by atoms with Crippen molar-refractivity contribution in [1.82, 2.24) is 0 Å². The van der Waals surface area contributed by atoms with E-state index in [0.29, 0.717) is 28.4 Å². The predicted molar refractivity (Wildman–Crippen MR) is 121 cm³/mol. The third-order valence-corrected chi connectivity index (χ3v) is 4.33. The van der Waals surface area contributed by atoms with Gasteiger partial charge in [-0.3, -0.25) is 9.59 Å². The van der Waals surface area contributed by atoms with Crippen LogP contribution < -0.4 is 15.4 Å². The number of benzene rings is 3. The lowest BCUT2D eigenvalue weighted by Gasteiger charge is -2.10. The van der Waals surface area contributed by atoms with Crippen molar-refractivity contribution in [2.24, 2.45) is 0 Å². The van der Waals surface area contributed by atoms with E-state index in [1.807, 2.05) is 25.1 Å². The van der Waals surface area contributed by atoms with Gasteiger partial charge in [0.05, 0.1) is 11.6 Å². The number of rotatable bonds is 6. The van der Waals surface area contributed by atoms with Gasteiger partial charge in [0.1, 0.15) is 11.5 Å². The van der Waals surface area contributed by atoms with Gasteiger partial charge in [0.2, 0.25) is 11.8 Å². The molecule has 2 amide bonds. The normalized spacial score (nSPS) is 10.4. The van der Waals surface area contributed by atoms with Gasteiger partial charge in [-0.25, -0.2) is 0 Å². The summed E-state index contributed by atoms with van der Waals surface area (Å²) in [7, 11) is 0. The Labute approximate surface area is 180 Å². The van der Waals surface area contributed by atoms with Crippen molar-refractivity contribution >= 4 is 29.3 Å². The third kappa shape index (κ3) is 6.31. The van der Waals surface area contributed by atoms with Crippen molar-refractivity contribution in [3.05, 3.63) is 89.5 Å². The van der Waals surface area contributed by atoms with E-state index < -0.39 is 0 Å². The number of hydrogen-bond acceptors (Lipinski definition) is 4. The molecule has 3 rings (SSSR count). The van der Waals surface area contributed by atoms with E-state index >= 15 is 0 Å². The number of nitriles is 1. The van der Waals surface area contributed by atoms with Crippen LogP contribution in [0.3, 0.4) is 0 Å². The van der Waals surface area contributed by atoms with Crippen LogP contribution in [0.15, 0.2) is 72.8 Å². The zero-order valence-corrected chi connectivity index (χ0v) is 17.2. The minimum atomic E-state index is -0.255. The molecule has 0 spiro atoms. The van der Waals surface area contributed by atoms with Gasteiger partial charge in [0.25, 0.3) is 0 Å². The molecule has 0 saturated carbocycles. The van der Waals surface area contributed by atoms with Crippen molar-refractivity contribution in [2.45, 2.75) is 13.8 Å². The summed E-state index contributed by atoms with van der Waals surface area (Å²) < 4.78 is 5.80. The number of nitrogens with one attached hydrogen (secondary N) is 2. The summed E-state index contributed by atoms with van der Waals surface area (Å²) in [6.07, 6.45) is 3.15. The highest BCUT2D eigenvalue weighted by Gasteiger charge is 2.05. The number of carbonyl (C=O) groups excluding carboxylic acids is 2. The van der Waals surface area contributed by atoms with Crippen LogP contribution in [-0.2, 0) is 9.59 Å². The fourth-order valence-corrected chi connectivity index (χ4v) is 2.80. The largest absolute Gasteiger partial charge is 0.457 e. The molecule has 0 aliphatic rings. The van der Waals surface area contributed by atoms with Crippen LogP contribution >= 0.6 is 0 Å². The topological polar surface area (TPSA) is 91.2 Å². The maximum absolute atomic E-state index is 12.3. The Hall–Kier alpha value is -4.37. The zero-order chi connectivity index (χ0) is 22.2. The minimum Gasteiger partial charge on any atom is -0.457 e. The molecule has 31 heavy (non-hydrogen) atoms. The second kappa shape index (κ2) is 9.90. The second-order valence-corrected chi connectivity index (χ2v) is 6.84. The number of ether oxygens (including phenoxy) is 1. The van der Waals surface area contributed by atoms with E-state index in [1.54, 1.807) is 54.6 Å². The number of nitrogens with zero attached hydrogens (tertiary/aromatic N) is 1. The molecule has 0 saturated heterocycles. The molecule has 3 aromatic rings. The Morgan fingerprint density at radius 2 is 1.61 bits per heavy atom. The van der Waals surface area contributed by atoms with Crippen molar-refractivity contribution in [2.75, 3.05) is 10.6 Å². The lowest BCUT2D eigenvalue weighted by molar-refractivity contribution is -0.114. The number of anilines is 2. The summed E-state index contributed by atoms with van der Waals surface area (Å²) >= 11 is 0. The van der Waals surface area contributed by atoms with Crippen LogP contribution in [0.2, 0.25) is 0 Å². The number of amides is 2. The van der Waals surface area contributed by atoms with Crippen molar-refractivity contribution in [1.29, 1.82) is 5.26 Å². The molecule has 6 heteroatoms. The molecule has 0 unspecified atom stereocenters. The van der Waals surface area contributed by atoms with E-state index in [4.69, 9.17) is 10.00 Å². The molecule has 0 atom stereocenters. The van der Waals surface area contributed by atoms with Gasteiger partial charge in [0.15, 0.2) is 0 Å². The molecule has 2 N–H and O–H groups in total. The first-order chi connectivity index (χ1) is 14.9. The fourth-order valence-electron chi connectivity index (χ4n) is 2.80. The number of aryl methyl sites for hydroxylation is 1. The van der Waals surface area contributed by atoms with E-state index in [1.165, 1.54) is 13.0 Å². The SMILES string of the molecule is CC(=O)Nc1ccc(C=CC(=O)Nc2ccc(Oc3ccc(C#N)cc3)cc2C)cc1. The Morgan fingerprint density at radius 3 is 2.23 bits per heavy atom. The summed E-state index contributed by atoms with van der Waals surface area (Å²) in [6.45, 7) is 3.33. The van der Waals surface area contributed by atoms with Crippen LogP contribution in [0.25, 0.3) is 6.08 Å². The Balaban J connectivity index is 1.60. The maximum Gasteiger partial charge on any atom is 0.248 e. The molecular formula is C25H21N3O3. The van der Waals surface area contributed by atoms with E-state index in [2.05, 4.69) is 16.7 Å². The molecule has 0 aliphatic carbocycles. The molecule has 0 heterocycles. The van der Waals surface area contributed by atoms with E-state index in [-0.39, 0.29) is 11.8 Å². The molecule has 0 aliphatic heterocycles. The molecule has 6 nitrogen and oxygen atoms in total. The predicted octanol–water partition coefficient (Wildman–Crippen LogP) is 5.27. The van der Waals surface area contributed by atoms with E-state index in [0.717, 1.165) is 11.1 Å². The summed E-state index contributed by atoms with van der Waals surface area (Å²) in [5.41, 5.74) is 3.65. The van der Waals surface area contributed by atoms with Crippen LogP contribution in [0, 0.1) is 18.3 Å². The third-order valence-electron chi connectivity index (χ3n) is 4.33. The molecule has 0 bridgehead atoms. The smallest absolute Gasteiger partial charge is 0.248 e. The zero-order valence-electron chi connectivity index (χ0n) is 17.2. The van der Waals surface area contributed by atoms with Gasteiger partial charge in [-0.15, -0.1) is 0 Å². The average Bonchev–Trinajstić information content (AvgIpc) is 2.75. The van der Waals surface area contributed by atoms with Gasteiger partial charge < -0.3 is 15.4 Å². The highest BCUT2D eigenvalue weighted by atomic mass is 16.5. The molecule has 3 aromatic carbocycles. The number of carbonyl (C=O) groups is 2. The van der Waals surface area contributed by atoms with Crippen molar-refractivity contribution in [3.8, 4) is 17.6 Å². The van der Waals surface area contributed by atoms with Gasteiger partial charge in [-0.05, 0) is 78.7 Å². The quantitative estimate of drug-likeness (QED) is 0.541. The lowest BCUT2D eigenvalue weighted by atomic mass is 10.1. The Morgan fingerprint density at radius 1 is 0.935 bits per heavy atom. The maximum atomic E-state index is 12.3. The molecule has 0 radical (unpaired) electrons. The highest BCUT2D eigenvalue weighted by molar-refractivity contribution is 6.02. The van der Waals surface area contributed by atoms with Crippen LogP contribution in [0.4, 0.5) is 11.4 Å². The van der Waals surface area contributed by atoms with Gasteiger partial charge >= 0.3 is 0 Å². The van der Waals surface area contributed by atoms with Gasteiger partial charge in [0, 0.05) is 24.4 Å². The van der Waals surface area contributed by atoms with E-state index in [9.17, 15) is 9.59 Å². The first kappa shape index (κ1) is 21.3. The molecule has 0 aromatic heterocycles. The second-order valence-electron chi connectivity index (χ2n) is 6.84. The number of hydrogen-bond donors (Lipinski definition) is 2. The first-order valence-corrected chi connectivity index (χ1v) is 9.58. The van der Waals surface area contributed by atoms with Crippen LogP contribution in [-0.4, -0.2) is 11.8 Å². The minimum absolute atomic E-state index is 0.133. The monoisotopic (exact) mass is 411 g/mol. The molecular weight excluding hydrogens is 390 g/mol. The summed E-state index contributed by atoms with van der Waals surface area (Å²) in [5.74, 6) is 0.874. The molecule has 0 fully saturated rings. The van der Waals surface area contributed by atoms with Crippen LogP contribution in [0.1, 0.15) is 23.6 Å². The lowest BCUT2D eigenvalue weighted by Crippen LogP contribution is -2.09. The fraction of sp³-hybridized carbons (Fsp3) is 0.0800. The summed E-state index contributed by atoms with van der Waals surface area (Å²) in [6, 6.07) is 21.5. The Kier molecular flexibility index (Phi) is 6.82. The standard InChI is InChI=1S/C25H21N3O3/c1-17-15-23(31-22-10-5-20(16-26)6-11-22)12-13-24(17)28-25(30)14-7-19-3-8-21(9-4-19)27-18(2)29/h3-15H,1-2H3,(H,27,29)(H,28,30). The van der Waals surface area contributed by atoms with Gasteiger partial charge in [-0.2, -0.15) is 5.26 Å². The van der Waals surface area contributed by atoms with Crippen molar-refractivity contribution in [3.63, 3.8) is 0 Å². The average molecular weight is 411 g/mol. The molecule has 154 valence electrons. The summed E-state index contributed by atoms with van der Waals surface area (Å²) in [4.78, 5) is 23.3. The Bertz CT molecular complexity index is 1160.